The zero-order valence-corrected chi connectivity index (χ0v) is 14.3. The molecule has 0 bridgehead atoms. The molecule has 3 nitrogen and oxygen atoms in total. The van der Waals surface area contributed by atoms with Crippen LogP contribution in [0.25, 0.3) is 10.8 Å². The number of quaternary nitrogens is 1. The number of halogens is 1. The fraction of sp³-hybridized carbons (Fsp3) is 0.150. The molecule has 3 rings (SSSR count). The van der Waals surface area contributed by atoms with E-state index in [-0.39, 0.29) is 11.9 Å². The number of benzene rings is 3. The molecule has 1 amide bonds. The van der Waals surface area contributed by atoms with Gasteiger partial charge in [-0.05, 0) is 42.0 Å². The van der Waals surface area contributed by atoms with Crippen molar-refractivity contribution >= 4 is 34.0 Å². The van der Waals surface area contributed by atoms with E-state index in [0.717, 1.165) is 21.7 Å². The van der Waals surface area contributed by atoms with Crippen LogP contribution in [0.15, 0.2) is 66.7 Å². The van der Waals surface area contributed by atoms with E-state index in [2.05, 4.69) is 18.3 Å². The average Bonchev–Trinajstić information content (AvgIpc) is 2.60. The Kier molecular flexibility index (Phi) is 5.14. The van der Waals surface area contributed by atoms with Crippen molar-refractivity contribution in [2.45, 2.75) is 13.0 Å². The Morgan fingerprint density at radius 1 is 1.04 bits per heavy atom. The summed E-state index contributed by atoms with van der Waals surface area (Å²) in [5.74, 6) is -0.00825. The second kappa shape index (κ2) is 7.47. The molecule has 0 saturated heterocycles. The molecular formula is C20H20ClN2O+. The van der Waals surface area contributed by atoms with Crippen LogP contribution in [0.4, 0.5) is 5.69 Å². The smallest absolute Gasteiger partial charge is 0.279 e. The molecule has 0 aliphatic heterocycles. The SMILES string of the molecule is C[C@H]([NH2+]CC(=O)Nc1ccc2ccccc2c1)c1ccc(Cl)cc1. The lowest BCUT2D eigenvalue weighted by Crippen LogP contribution is -2.86. The first kappa shape index (κ1) is 16.5. The number of fused-ring (bicyclic) bond motifs is 1. The first-order valence-electron chi connectivity index (χ1n) is 7.99. The van der Waals surface area contributed by atoms with Gasteiger partial charge < -0.3 is 10.6 Å². The third kappa shape index (κ3) is 4.13. The van der Waals surface area contributed by atoms with Crippen molar-refractivity contribution in [3.8, 4) is 0 Å². The van der Waals surface area contributed by atoms with Crippen molar-refractivity contribution in [2.24, 2.45) is 0 Å². The van der Waals surface area contributed by atoms with E-state index in [9.17, 15) is 4.79 Å². The molecule has 0 fully saturated rings. The summed E-state index contributed by atoms with van der Waals surface area (Å²) < 4.78 is 0. The van der Waals surface area contributed by atoms with Crippen LogP contribution in [0.5, 0.6) is 0 Å². The van der Waals surface area contributed by atoms with Crippen molar-refractivity contribution < 1.29 is 10.1 Å². The van der Waals surface area contributed by atoms with Gasteiger partial charge in [-0.1, -0.05) is 54.1 Å². The predicted octanol–water partition coefficient (Wildman–Crippen LogP) is 3.76. The summed E-state index contributed by atoms with van der Waals surface area (Å²) in [5.41, 5.74) is 1.98. The summed E-state index contributed by atoms with van der Waals surface area (Å²) in [7, 11) is 0. The topological polar surface area (TPSA) is 45.7 Å². The number of hydrogen-bond donors (Lipinski definition) is 2. The first-order chi connectivity index (χ1) is 11.6. The van der Waals surface area contributed by atoms with E-state index < -0.39 is 0 Å². The van der Waals surface area contributed by atoms with E-state index in [1.807, 2.05) is 66.0 Å². The highest BCUT2D eigenvalue weighted by atomic mass is 35.5. The minimum absolute atomic E-state index is 0.00825. The number of carbonyl (C=O) groups excluding carboxylic acids is 1. The molecule has 0 spiro atoms. The van der Waals surface area contributed by atoms with Gasteiger partial charge in [0.15, 0.2) is 6.54 Å². The van der Waals surface area contributed by atoms with Gasteiger partial charge in [0, 0.05) is 16.3 Å². The minimum atomic E-state index is -0.00825. The highest BCUT2D eigenvalue weighted by Gasteiger charge is 2.11. The van der Waals surface area contributed by atoms with Crippen LogP contribution in [-0.4, -0.2) is 12.5 Å². The molecule has 24 heavy (non-hydrogen) atoms. The van der Waals surface area contributed by atoms with Crippen molar-refractivity contribution in [3.05, 3.63) is 77.3 Å². The largest absolute Gasteiger partial charge is 0.333 e. The maximum absolute atomic E-state index is 12.2. The van der Waals surface area contributed by atoms with E-state index in [1.165, 1.54) is 5.39 Å². The molecule has 3 aromatic rings. The normalized spacial score (nSPS) is 12.1. The average molecular weight is 340 g/mol. The fourth-order valence-corrected chi connectivity index (χ4v) is 2.79. The molecule has 0 aliphatic carbocycles. The van der Waals surface area contributed by atoms with Crippen LogP contribution in [0.1, 0.15) is 18.5 Å². The van der Waals surface area contributed by atoms with Crippen LogP contribution in [0, 0.1) is 0 Å². The first-order valence-corrected chi connectivity index (χ1v) is 8.37. The number of nitrogens with two attached hydrogens (primary N) is 1. The number of anilines is 1. The minimum Gasteiger partial charge on any atom is -0.333 e. The molecule has 3 N–H and O–H groups in total. The van der Waals surface area contributed by atoms with Crippen molar-refractivity contribution in [2.75, 3.05) is 11.9 Å². The molecule has 122 valence electrons. The summed E-state index contributed by atoms with van der Waals surface area (Å²) in [6.07, 6.45) is 0. The van der Waals surface area contributed by atoms with Crippen LogP contribution in [0.3, 0.4) is 0 Å². The Morgan fingerprint density at radius 2 is 1.75 bits per heavy atom. The Labute approximate surface area is 146 Å². The Morgan fingerprint density at radius 3 is 2.50 bits per heavy atom. The van der Waals surface area contributed by atoms with E-state index in [1.54, 1.807) is 0 Å². The van der Waals surface area contributed by atoms with Gasteiger partial charge in [-0.25, -0.2) is 0 Å². The maximum Gasteiger partial charge on any atom is 0.279 e. The second-order valence-corrected chi connectivity index (χ2v) is 6.33. The zero-order chi connectivity index (χ0) is 16.9. The standard InChI is InChI=1S/C20H19ClN2O/c1-14(15-6-9-18(21)10-7-15)22-13-20(24)23-19-11-8-16-4-2-3-5-17(16)12-19/h2-12,14,22H,13H2,1H3,(H,23,24)/p+1/t14-/m0/s1. The summed E-state index contributed by atoms with van der Waals surface area (Å²) in [6, 6.07) is 22.0. The third-order valence-electron chi connectivity index (χ3n) is 4.09. The van der Waals surface area contributed by atoms with Crippen molar-refractivity contribution in [3.63, 3.8) is 0 Å². The lowest BCUT2D eigenvalue weighted by molar-refractivity contribution is -0.682. The van der Waals surface area contributed by atoms with Gasteiger partial charge in [-0.3, -0.25) is 4.79 Å². The molecule has 0 radical (unpaired) electrons. The van der Waals surface area contributed by atoms with E-state index >= 15 is 0 Å². The van der Waals surface area contributed by atoms with Gasteiger partial charge >= 0.3 is 0 Å². The van der Waals surface area contributed by atoms with Gasteiger partial charge in [-0.15, -0.1) is 0 Å². The summed E-state index contributed by atoms with van der Waals surface area (Å²) >= 11 is 5.90. The fourth-order valence-electron chi connectivity index (χ4n) is 2.67. The van der Waals surface area contributed by atoms with E-state index in [4.69, 9.17) is 11.6 Å². The van der Waals surface area contributed by atoms with Gasteiger partial charge in [0.1, 0.15) is 6.04 Å². The van der Waals surface area contributed by atoms with Crippen LogP contribution >= 0.6 is 11.6 Å². The monoisotopic (exact) mass is 339 g/mol. The van der Waals surface area contributed by atoms with Crippen LogP contribution < -0.4 is 10.6 Å². The van der Waals surface area contributed by atoms with Gasteiger partial charge in [-0.2, -0.15) is 0 Å². The Hall–Kier alpha value is -2.36. The number of nitrogens with one attached hydrogen (secondary N) is 1. The van der Waals surface area contributed by atoms with Gasteiger partial charge in [0.25, 0.3) is 5.91 Å². The highest BCUT2D eigenvalue weighted by molar-refractivity contribution is 6.30. The lowest BCUT2D eigenvalue weighted by atomic mass is 10.1. The highest BCUT2D eigenvalue weighted by Crippen LogP contribution is 2.18. The summed E-state index contributed by atoms with van der Waals surface area (Å²) in [6.45, 7) is 2.45. The Balaban J connectivity index is 1.57. The molecule has 0 aromatic heterocycles. The lowest BCUT2D eigenvalue weighted by Gasteiger charge is -2.11. The van der Waals surface area contributed by atoms with Crippen LogP contribution in [-0.2, 0) is 4.79 Å². The zero-order valence-electron chi connectivity index (χ0n) is 13.5. The molecule has 1 atom stereocenters. The molecular weight excluding hydrogens is 320 g/mol. The van der Waals surface area contributed by atoms with Crippen LogP contribution in [0.2, 0.25) is 5.02 Å². The number of amides is 1. The molecule has 3 aromatic carbocycles. The third-order valence-corrected chi connectivity index (χ3v) is 4.34. The van der Waals surface area contributed by atoms with Crippen molar-refractivity contribution in [1.29, 1.82) is 0 Å². The second-order valence-electron chi connectivity index (χ2n) is 5.89. The van der Waals surface area contributed by atoms with Crippen molar-refractivity contribution in [1.82, 2.24) is 0 Å². The molecule has 0 aliphatic rings. The molecule has 0 saturated carbocycles. The summed E-state index contributed by atoms with van der Waals surface area (Å²) in [5, 5.41) is 7.98. The predicted molar refractivity (Wildman–Crippen MR) is 99.2 cm³/mol. The van der Waals surface area contributed by atoms with E-state index in [0.29, 0.717) is 6.54 Å². The van der Waals surface area contributed by atoms with Gasteiger partial charge in [0.05, 0.1) is 0 Å². The number of hydrogen-bond acceptors (Lipinski definition) is 1. The molecule has 4 heteroatoms. The molecule has 0 unspecified atom stereocenters. The van der Waals surface area contributed by atoms with Gasteiger partial charge in [0.2, 0.25) is 0 Å². The summed E-state index contributed by atoms with van der Waals surface area (Å²) in [4.78, 5) is 12.2. The maximum atomic E-state index is 12.2. The molecule has 0 heterocycles. The number of rotatable bonds is 5. The Bertz CT molecular complexity index is 846. The number of carbonyl (C=O) groups is 1. The quantitative estimate of drug-likeness (QED) is 0.730.